The molecule has 100 valence electrons. The number of nitrogens with zero attached hydrogens (tertiary/aromatic N) is 1. The van der Waals surface area contributed by atoms with Gasteiger partial charge in [0.15, 0.2) is 0 Å². The molecule has 18 heavy (non-hydrogen) atoms. The molecule has 1 unspecified atom stereocenters. The lowest BCUT2D eigenvalue weighted by Crippen LogP contribution is -2.05. The molecule has 0 spiro atoms. The molecule has 5 heteroatoms. The van der Waals surface area contributed by atoms with Gasteiger partial charge in [0.2, 0.25) is 0 Å². The Balaban J connectivity index is 2.53. The van der Waals surface area contributed by atoms with E-state index in [0.29, 0.717) is 19.1 Å². The van der Waals surface area contributed by atoms with Crippen molar-refractivity contribution < 1.29 is 9.66 Å². The number of benzene rings is 1. The van der Waals surface area contributed by atoms with Crippen molar-refractivity contribution in [3.8, 4) is 0 Å². The fourth-order valence-corrected chi connectivity index (χ4v) is 1.93. The zero-order valence-electron chi connectivity index (χ0n) is 10.7. The van der Waals surface area contributed by atoms with Crippen molar-refractivity contribution in [1.29, 1.82) is 0 Å². The van der Waals surface area contributed by atoms with Gasteiger partial charge in [-0.2, -0.15) is 0 Å². The van der Waals surface area contributed by atoms with Crippen LogP contribution in [0.3, 0.4) is 0 Å². The van der Waals surface area contributed by atoms with Gasteiger partial charge in [-0.05, 0) is 24.0 Å². The molecule has 0 aromatic heterocycles. The summed E-state index contributed by atoms with van der Waals surface area (Å²) in [6, 6.07) is 4.75. The average Bonchev–Trinajstić information content (AvgIpc) is 2.31. The summed E-state index contributed by atoms with van der Waals surface area (Å²) in [6.07, 6.45) is 2.26. The summed E-state index contributed by atoms with van der Waals surface area (Å²) < 4.78 is 5.54. The standard InChI is InChI=1S/C13H18ClNO3/c1-3-4-10(2)8-18-9-11-5-6-12(14)13(7-11)15(16)17/h5-7,10H,3-4,8-9H2,1-2H3. The minimum atomic E-state index is -0.481. The van der Waals surface area contributed by atoms with Crippen LogP contribution in [0.15, 0.2) is 18.2 Å². The molecule has 0 aliphatic heterocycles. The quantitative estimate of drug-likeness (QED) is 0.552. The van der Waals surface area contributed by atoms with Gasteiger partial charge in [0.1, 0.15) is 5.02 Å². The summed E-state index contributed by atoms with van der Waals surface area (Å²) in [5.41, 5.74) is 0.703. The van der Waals surface area contributed by atoms with Crippen LogP contribution >= 0.6 is 11.6 Å². The van der Waals surface area contributed by atoms with Gasteiger partial charge < -0.3 is 4.74 Å². The SMILES string of the molecule is CCCC(C)COCc1ccc(Cl)c([N+](=O)[O-])c1. The Labute approximate surface area is 112 Å². The maximum atomic E-state index is 10.7. The zero-order chi connectivity index (χ0) is 13.5. The van der Waals surface area contributed by atoms with Crippen molar-refractivity contribution in [2.75, 3.05) is 6.61 Å². The van der Waals surface area contributed by atoms with Gasteiger partial charge >= 0.3 is 0 Å². The number of nitro benzene ring substituents is 1. The normalized spacial score (nSPS) is 12.4. The molecule has 0 bridgehead atoms. The van der Waals surface area contributed by atoms with Crippen LogP contribution in [0.25, 0.3) is 0 Å². The Morgan fingerprint density at radius 1 is 1.50 bits per heavy atom. The summed E-state index contributed by atoms with van der Waals surface area (Å²) in [4.78, 5) is 10.2. The van der Waals surface area contributed by atoms with Crippen LogP contribution in [0, 0.1) is 16.0 Å². The minimum Gasteiger partial charge on any atom is -0.376 e. The number of rotatable bonds is 7. The maximum absolute atomic E-state index is 10.7. The summed E-state index contributed by atoms with van der Waals surface area (Å²) in [5, 5.41) is 10.9. The molecule has 0 saturated heterocycles. The molecular formula is C13H18ClNO3. The molecule has 0 saturated carbocycles. The van der Waals surface area contributed by atoms with Gasteiger partial charge in [-0.15, -0.1) is 0 Å². The van der Waals surface area contributed by atoms with E-state index in [1.807, 2.05) is 0 Å². The van der Waals surface area contributed by atoms with Gasteiger partial charge in [-0.1, -0.05) is 37.9 Å². The maximum Gasteiger partial charge on any atom is 0.288 e. The average molecular weight is 272 g/mol. The van der Waals surface area contributed by atoms with E-state index in [4.69, 9.17) is 16.3 Å². The van der Waals surface area contributed by atoms with E-state index in [1.165, 1.54) is 12.1 Å². The van der Waals surface area contributed by atoms with Gasteiger partial charge in [-0.25, -0.2) is 0 Å². The van der Waals surface area contributed by atoms with E-state index in [9.17, 15) is 10.1 Å². The zero-order valence-corrected chi connectivity index (χ0v) is 11.4. The van der Waals surface area contributed by atoms with Crippen molar-refractivity contribution in [2.45, 2.75) is 33.3 Å². The molecule has 0 radical (unpaired) electrons. The third-order valence-electron chi connectivity index (χ3n) is 2.66. The predicted octanol–water partition coefficient (Wildman–Crippen LogP) is 4.20. The van der Waals surface area contributed by atoms with Crippen LogP contribution in [0.5, 0.6) is 0 Å². The van der Waals surface area contributed by atoms with Gasteiger partial charge in [0.05, 0.1) is 11.5 Å². The van der Waals surface area contributed by atoms with E-state index in [1.54, 1.807) is 6.07 Å². The van der Waals surface area contributed by atoms with Gasteiger partial charge in [-0.3, -0.25) is 10.1 Å². The van der Waals surface area contributed by atoms with Crippen LogP contribution in [0.1, 0.15) is 32.3 Å². The molecule has 0 aliphatic rings. The first-order chi connectivity index (χ1) is 8.54. The Morgan fingerprint density at radius 2 is 2.22 bits per heavy atom. The first-order valence-electron chi connectivity index (χ1n) is 6.05. The highest BCUT2D eigenvalue weighted by Crippen LogP contribution is 2.25. The fraction of sp³-hybridized carbons (Fsp3) is 0.538. The summed E-state index contributed by atoms with van der Waals surface area (Å²) >= 11 is 5.73. The number of halogens is 1. The van der Waals surface area contributed by atoms with Crippen molar-refractivity contribution in [3.63, 3.8) is 0 Å². The lowest BCUT2D eigenvalue weighted by atomic mass is 10.1. The Kier molecular flexibility index (Phi) is 6.09. The van der Waals surface area contributed by atoms with E-state index in [0.717, 1.165) is 18.4 Å². The third kappa shape index (κ3) is 4.63. The van der Waals surface area contributed by atoms with Gasteiger partial charge in [0, 0.05) is 12.7 Å². The molecule has 4 nitrogen and oxygen atoms in total. The lowest BCUT2D eigenvalue weighted by Gasteiger charge is -2.10. The molecule has 1 rings (SSSR count). The first kappa shape index (κ1) is 14.9. The summed E-state index contributed by atoms with van der Waals surface area (Å²) in [5.74, 6) is 0.511. The summed E-state index contributed by atoms with van der Waals surface area (Å²) in [6.45, 7) is 5.32. The molecule has 0 fully saturated rings. The second-order valence-electron chi connectivity index (χ2n) is 4.45. The highest BCUT2D eigenvalue weighted by molar-refractivity contribution is 6.32. The molecule has 0 heterocycles. The fourth-order valence-electron chi connectivity index (χ4n) is 1.74. The second kappa shape index (κ2) is 7.34. The van der Waals surface area contributed by atoms with E-state index in [-0.39, 0.29) is 10.7 Å². The largest absolute Gasteiger partial charge is 0.376 e. The number of nitro groups is 1. The Hall–Kier alpha value is -1.13. The monoisotopic (exact) mass is 271 g/mol. The van der Waals surface area contributed by atoms with Crippen LogP contribution < -0.4 is 0 Å². The smallest absolute Gasteiger partial charge is 0.288 e. The highest BCUT2D eigenvalue weighted by Gasteiger charge is 2.12. The van der Waals surface area contributed by atoms with Gasteiger partial charge in [0.25, 0.3) is 5.69 Å². The van der Waals surface area contributed by atoms with Crippen molar-refractivity contribution in [1.82, 2.24) is 0 Å². The second-order valence-corrected chi connectivity index (χ2v) is 4.86. The molecular weight excluding hydrogens is 254 g/mol. The van der Waals surface area contributed by atoms with Crippen LogP contribution in [0.4, 0.5) is 5.69 Å². The van der Waals surface area contributed by atoms with Crippen LogP contribution in [-0.4, -0.2) is 11.5 Å². The Morgan fingerprint density at radius 3 is 2.83 bits per heavy atom. The predicted molar refractivity (Wildman–Crippen MR) is 71.8 cm³/mol. The highest BCUT2D eigenvalue weighted by atomic mass is 35.5. The molecule has 0 amide bonds. The number of ether oxygens (including phenoxy) is 1. The molecule has 1 aromatic rings. The topological polar surface area (TPSA) is 52.4 Å². The van der Waals surface area contributed by atoms with Crippen LogP contribution in [-0.2, 0) is 11.3 Å². The Bertz CT molecular complexity index is 409. The molecule has 0 aliphatic carbocycles. The van der Waals surface area contributed by atoms with Crippen molar-refractivity contribution >= 4 is 17.3 Å². The van der Waals surface area contributed by atoms with Crippen LogP contribution in [0.2, 0.25) is 5.02 Å². The lowest BCUT2D eigenvalue weighted by molar-refractivity contribution is -0.384. The molecule has 1 aromatic carbocycles. The molecule has 1 atom stereocenters. The van der Waals surface area contributed by atoms with E-state index in [2.05, 4.69) is 13.8 Å². The number of hydrogen-bond acceptors (Lipinski definition) is 3. The third-order valence-corrected chi connectivity index (χ3v) is 2.98. The van der Waals surface area contributed by atoms with E-state index < -0.39 is 4.92 Å². The van der Waals surface area contributed by atoms with Crippen molar-refractivity contribution in [2.24, 2.45) is 5.92 Å². The molecule has 0 N–H and O–H groups in total. The summed E-state index contributed by atoms with van der Waals surface area (Å²) in [7, 11) is 0. The van der Waals surface area contributed by atoms with Crippen molar-refractivity contribution in [3.05, 3.63) is 38.9 Å². The minimum absolute atomic E-state index is 0.0700. The number of hydrogen-bond donors (Lipinski definition) is 0. The first-order valence-corrected chi connectivity index (χ1v) is 6.43. The van der Waals surface area contributed by atoms with E-state index >= 15 is 0 Å².